The molecule has 1 aliphatic rings. The molecule has 0 aliphatic carbocycles. The van der Waals surface area contributed by atoms with Crippen LogP contribution in [0.2, 0.25) is 0 Å². The summed E-state index contributed by atoms with van der Waals surface area (Å²) in [6.07, 6.45) is 1.48. The highest BCUT2D eigenvalue weighted by Gasteiger charge is 2.31. The standard InChI is InChI=1S/C13H15NO4/c1-7(2)12-13(17)18-6-9-4-11(16)10(8(3)15)5-14(9)12/h4-5,7,12H,6H2,1-3H3. The van der Waals surface area contributed by atoms with Crippen LogP contribution in [0.1, 0.15) is 42.9 Å². The number of ether oxygens (including phenoxy) is 1. The summed E-state index contributed by atoms with van der Waals surface area (Å²) in [5.74, 6) is -0.591. The molecule has 0 spiro atoms. The molecule has 18 heavy (non-hydrogen) atoms. The van der Waals surface area contributed by atoms with Crippen LogP contribution in [0, 0.1) is 5.92 Å². The molecule has 0 bridgehead atoms. The fourth-order valence-corrected chi connectivity index (χ4v) is 2.17. The molecule has 0 aromatic carbocycles. The van der Waals surface area contributed by atoms with Gasteiger partial charge < -0.3 is 9.30 Å². The molecule has 2 heterocycles. The summed E-state index contributed by atoms with van der Waals surface area (Å²) in [6, 6.07) is 0.894. The first-order chi connectivity index (χ1) is 8.41. The highest BCUT2D eigenvalue weighted by molar-refractivity contribution is 5.93. The Morgan fingerprint density at radius 3 is 2.67 bits per heavy atom. The maximum Gasteiger partial charge on any atom is 0.329 e. The van der Waals surface area contributed by atoms with Crippen LogP contribution >= 0.6 is 0 Å². The van der Waals surface area contributed by atoms with Crippen molar-refractivity contribution < 1.29 is 14.3 Å². The van der Waals surface area contributed by atoms with E-state index in [1.54, 1.807) is 4.57 Å². The predicted octanol–water partition coefficient (Wildman–Crippen LogP) is 1.30. The number of Topliss-reactive ketones (excluding diaryl/α,β-unsaturated/α-hetero) is 1. The maximum atomic E-state index is 11.8. The first-order valence-electron chi connectivity index (χ1n) is 5.84. The summed E-state index contributed by atoms with van der Waals surface area (Å²) in [7, 11) is 0. The Hall–Kier alpha value is -1.91. The first kappa shape index (κ1) is 12.5. The van der Waals surface area contributed by atoms with E-state index in [-0.39, 0.29) is 35.3 Å². The molecule has 1 aliphatic heterocycles. The number of nitrogens with zero attached hydrogens (tertiary/aromatic N) is 1. The largest absolute Gasteiger partial charge is 0.458 e. The molecule has 0 fully saturated rings. The van der Waals surface area contributed by atoms with Crippen LogP contribution in [0.15, 0.2) is 17.1 Å². The van der Waals surface area contributed by atoms with Gasteiger partial charge in [-0.25, -0.2) is 4.79 Å². The molecule has 5 nitrogen and oxygen atoms in total. The normalized spacial score (nSPS) is 18.4. The lowest BCUT2D eigenvalue weighted by atomic mass is 10.0. The summed E-state index contributed by atoms with van der Waals surface area (Å²) in [4.78, 5) is 34.9. The van der Waals surface area contributed by atoms with Gasteiger partial charge in [-0.2, -0.15) is 0 Å². The number of pyridine rings is 1. The first-order valence-corrected chi connectivity index (χ1v) is 5.84. The lowest BCUT2D eigenvalue weighted by molar-refractivity contribution is -0.153. The molecule has 96 valence electrons. The van der Waals surface area contributed by atoms with Crippen LogP contribution in [0.5, 0.6) is 0 Å². The van der Waals surface area contributed by atoms with Crippen molar-refractivity contribution in [2.24, 2.45) is 5.92 Å². The predicted molar refractivity (Wildman–Crippen MR) is 64.4 cm³/mol. The Labute approximate surface area is 104 Å². The highest BCUT2D eigenvalue weighted by Crippen LogP contribution is 2.26. The van der Waals surface area contributed by atoms with Gasteiger partial charge in [0.25, 0.3) is 0 Å². The lowest BCUT2D eigenvalue weighted by Crippen LogP contribution is -2.35. The number of rotatable bonds is 2. The van der Waals surface area contributed by atoms with Crippen LogP contribution in [0.25, 0.3) is 0 Å². The van der Waals surface area contributed by atoms with Gasteiger partial charge >= 0.3 is 5.97 Å². The minimum absolute atomic E-state index is 0.0267. The molecule has 0 saturated heterocycles. The number of carbonyl (C=O) groups excluding carboxylic acids is 2. The van der Waals surface area contributed by atoms with E-state index in [9.17, 15) is 14.4 Å². The van der Waals surface area contributed by atoms with E-state index in [0.717, 1.165) is 0 Å². The van der Waals surface area contributed by atoms with Crippen molar-refractivity contribution in [3.63, 3.8) is 0 Å². The van der Waals surface area contributed by atoms with Crippen molar-refractivity contribution in [1.29, 1.82) is 0 Å². The summed E-state index contributed by atoms with van der Waals surface area (Å²) in [5.41, 5.74) is 0.414. The van der Waals surface area contributed by atoms with Crippen LogP contribution in [-0.4, -0.2) is 16.3 Å². The van der Waals surface area contributed by atoms with Gasteiger partial charge in [-0.05, 0) is 12.8 Å². The zero-order valence-corrected chi connectivity index (χ0v) is 10.6. The number of cyclic esters (lactones) is 1. The van der Waals surface area contributed by atoms with E-state index in [1.165, 1.54) is 19.2 Å². The number of fused-ring (bicyclic) bond motifs is 1. The van der Waals surface area contributed by atoms with Gasteiger partial charge in [0, 0.05) is 12.3 Å². The zero-order chi connectivity index (χ0) is 13.4. The van der Waals surface area contributed by atoms with E-state index in [2.05, 4.69) is 0 Å². The van der Waals surface area contributed by atoms with Crippen molar-refractivity contribution in [2.75, 3.05) is 0 Å². The maximum absolute atomic E-state index is 11.8. The average Bonchev–Trinajstić information content (AvgIpc) is 2.27. The number of aromatic nitrogens is 1. The number of hydrogen-bond acceptors (Lipinski definition) is 4. The number of ketones is 1. The van der Waals surface area contributed by atoms with Crippen LogP contribution in [0.3, 0.4) is 0 Å². The SMILES string of the molecule is CC(=O)c1cn2c(cc1=O)COC(=O)C2C(C)C. The Kier molecular flexibility index (Phi) is 3.07. The van der Waals surface area contributed by atoms with Gasteiger partial charge in [0.05, 0.1) is 11.3 Å². The smallest absolute Gasteiger partial charge is 0.329 e. The fraction of sp³-hybridized carbons (Fsp3) is 0.462. The summed E-state index contributed by atoms with van der Waals surface area (Å²) < 4.78 is 6.74. The van der Waals surface area contributed by atoms with E-state index in [4.69, 9.17) is 4.74 Å². The summed E-state index contributed by atoms with van der Waals surface area (Å²) >= 11 is 0. The van der Waals surface area contributed by atoms with Crippen LogP contribution in [0.4, 0.5) is 0 Å². The van der Waals surface area contributed by atoms with E-state index in [0.29, 0.717) is 5.69 Å². The topological polar surface area (TPSA) is 65.4 Å². The second-order valence-electron chi connectivity index (χ2n) is 4.80. The van der Waals surface area contributed by atoms with Crippen LogP contribution in [-0.2, 0) is 16.1 Å². The van der Waals surface area contributed by atoms with Crippen molar-refractivity contribution in [2.45, 2.75) is 33.4 Å². The zero-order valence-electron chi connectivity index (χ0n) is 10.6. The second-order valence-corrected chi connectivity index (χ2v) is 4.80. The molecule has 0 radical (unpaired) electrons. The van der Waals surface area contributed by atoms with Gasteiger partial charge in [-0.1, -0.05) is 13.8 Å². The third-order valence-corrected chi connectivity index (χ3v) is 3.08. The minimum atomic E-state index is -0.479. The summed E-state index contributed by atoms with van der Waals surface area (Å²) in [6.45, 7) is 5.21. The molecule has 0 amide bonds. The number of esters is 1. The number of carbonyl (C=O) groups is 2. The highest BCUT2D eigenvalue weighted by atomic mass is 16.5. The van der Waals surface area contributed by atoms with Crippen LogP contribution < -0.4 is 5.43 Å². The Morgan fingerprint density at radius 2 is 2.11 bits per heavy atom. The van der Waals surface area contributed by atoms with Gasteiger partial charge in [0.2, 0.25) is 0 Å². The Morgan fingerprint density at radius 1 is 1.44 bits per heavy atom. The van der Waals surface area contributed by atoms with Gasteiger partial charge in [0.15, 0.2) is 11.2 Å². The van der Waals surface area contributed by atoms with Gasteiger partial charge in [-0.15, -0.1) is 0 Å². The molecule has 1 aromatic heterocycles. The number of hydrogen-bond donors (Lipinski definition) is 0. The minimum Gasteiger partial charge on any atom is -0.458 e. The quantitative estimate of drug-likeness (QED) is 0.585. The molecule has 5 heteroatoms. The van der Waals surface area contributed by atoms with Crippen molar-refractivity contribution >= 4 is 11.8 Å². The van der Waals surface area contributed by atoms with E-state index < -0.39 is 6.04 Å². The van der Waals surface area contributed by atoms with Gasteiger partial charge in [-0.3, -0.25) is 9.59 Å². The third-order valence-electron chi connectivity index (χ3n) is 3.08. The Balaban J connectivity index is 2.64. The molecule has 1 atom stereocenters. The molecule has 0 saturated carbocycles. The molecular weight excluding hydrogens is 234 g/mol. The van der Waals surface area contributed by atoms with Crippen molar-refractivity contribution in [3.8, 4) is 0 Å². The monoisotopic (exact) mass is 249 g/mol. The van der Waals surface area contributed by atoms with E-state index >= 15 is 0 Å². The van der Waals surface area contributed by atoms with E-state index in [1.807, 2.05) is 13.8 Å². The van der Waals surface area contributed by atoms with Crippen molar-refractivity contribution in [1.82, 2.24) is 4.57 Å². The van der Waals surface area contributed by atoms with Crippen molar-refractivity contribution in [3.05, 3.63) is 33.7 Å². The molecular formula is C13H15NO4. The summed E-state index contributed by atoms with van der Waals surface area (Å²) in [5, 5.41) is 0. The Bertz CT molecular complexity index is 571. The molecule has 2 rings (SSSR count). The fourth-order valence-electron chi connectivity index (χ4n) is 2.17. The molecule has 1 unspecified atom stereocenters. The molecule has 1 aromatic rings. The van der Waals surface area contributed by atoms with Gasteiger partial charge in [0.1, 0.15) is 12.6 Å². The molecule has 0 N–H and O–H groups in total. The second kappa shape index (κ2) is 4.40. The lowest BCUT2D eigenvalue weighted by Gasteiger charge is -2.30. The average molecular weight is 249 g/mol. The third kappa shape index (κ3) is 1.96.